The molecule has 0 aliphatic heterocycles. The highest BCUT2D eigenvalue weighted by atomic mass is 79.9. The second-order valence-electron chi connectivity index (χ2n) is 2.09. The molecule has 66 valence electrons. The van der Waals surface area contributed by atoms with Gasteiger partial charge in [-0.1, -0.05) is 6.07 Å². The van der Waals surface area contributed by atoms with Gasteiger partial charge in [-0.3, -0.25) is 4.79 Å². The molecule has 0 aromatic carbocycles. The molecule has 0 aliphatic rings. The number of hydrogen-bond acceptors (Lipinski definition) is 2. The van der Waals surface area contributed by atoms with Gasteiger partial charge < -0.3 is 5.73 Å². The van der Waals surface area contributed by atoms with Gasteiger partial charge in [-0.15, -0.1) is 12.4 Å². The van der Waals surface area contributed by atoms with Crippen molar-refractivity contribution < 1.29 is 4.79 Å². The molecule has 0 atom stereocenters. The first-order valence-corrected chi connectivity index (χ1v) is 3.87. The Kier molecular flexibility index (Phi) is 4.85. The van der Waals surface area contributed by atoms with Crippen molar-refractivity contribution in [2.24, 2.45) is 5.73 Å². The number of aromatic nitrogens is 1. The zero-order valence-electron chi connectivity index (χ0n) is 6.16. The number of rotatable bonds is 2. The van der Waals surface area contributed by atoms with E-state index in [1.165, 1.54) is 0 Å². The summed E-state index contributed by atoms with van der Waals surface area (Å²) < 4.78 is 0.719. The SMILES string of the molecule is Cl.NC(=O)Cc1cccc(Br)n1. The number of hydrogen-bond donors (Lipinski definition) is 1. The van der Waals surface area contributed by atoms with E-state index in [1.807, 2.05) is 6.07 Å². The molecular weight excluding hydrogens is 243 g/mol. The van der Waals surface area contributed by atoms with Crippen molar-refractivity contribution in [2.75, 3.05) is 0 Å². The van der Waals surface area contributed by atoms with Crippen LogP contribution < -0.4 is 5.73 Å². The Morgan fingerprint density at radius 3 is 2.75 bits per heavy atom. The van der Waals surface area contributed by atoms with Gasteiger partial charge >= 0.3 is 0 Å². The molecule has 1 heterocycles. The number of pyridine rings is 1. The molecule has 12 heavy (non-hydrogen) atoms. The third-order valence-corrected chi connectivity index (χ3v) is 1.57. The minimum absolute atomic E-state index is 0. The molecule has 3 nitrogen and oxygen atoms in total. The van der Waals surface area contributed by atoms with Crippen molar-refractivity contribution in [2.45, 2.75) is 6.42 Å². The van der Waals surface area contributed by atoms with E-state index >= 15 is 0 Å². The molecule has 0 radical (unpaired) electrons. The van der Waals surface area contributed by atoms with Gasteiger partial charge in [-0.05, 0) is 28.1 Å². The summed E-state index contributed by atoms with van der Waals surface area (Å²) in [5.41, 5.74) is 5.67. The van der Waals surface area contributed by atoms with Gasteiger partial charge in [0.05, 0.1) is 12.1 Å². The van der Waals surface area contributed by atoms with Gasteiger partial charge in [0.2, 0.25) is 5.91 Å². The zero-order chi connectivity index (χ0) is 8.27. The summed E-state index contributed by atoms with van der Waals surface area (Å²) in [4.78, 5) is 14.5. The van der Waals surface area contributed by atoms with Crippen LogP contribution in [0.5, 0.6) is 0 Å². The highest BCUT2D eigenvalue weighted by molar-refractivity contribution is 9.10. The van der Waals surface area contributed by atoms with Crippen LogP contribution in [-0.4, -0.2) is 10.9 Å². The molecule has 1 aromatic rings. The maximum Gasteiger partial charge on any atom is 0.223 e. The molecule has 0 bridgehead atoms. The highest BCUT2D eigenvalue weighted by Gasteiger charge is 1.98. The van der Waals surface area contributed by atoms with Gasteiger partial charge in [0, 0.05) is 0 Å². The lowest BCUT2D eigenvalue weighted by molar-refractivity contribution is -0.117. The topological polar surface area (TPSA) is 56.0 Å². The van der Waals surface area contributed by atoms with Crippen molar-refractivity contribution >= 4 is 34.2 Å². The molecule has 0 spiro atoms. The zero-order valence-corrected chi connectivity index (χ0v) is 8.56. The van der Waals surface area contributed by atoms with Crippen LogP contribution in [0.15, 0.2) is 22.8 Å². The first kappa shape index (κ1) is 11.4. The molecule has 1 amide bonds. The van der Waals surface area contributed by atoms with E-state index in [0.29, 0.717) is 5.69 Å². The second-order valence-corrected chi connectivity index (χ2v) is 2.91. The van der Waals surface area contributed by atoms with Crippen LogP contribution >= 0.6 is 28.3 Å². The Hall–Kier alpha value is -0.610. The van der Waals surface area contributed by atoms with Crippen molar-refractivity contribution in [1.29, 1.82) is 0 Å². The van der Waals surface area contributed by atoms with Crippen LogP contribution in [0.2, 0.25) is 0 Å². The van der Waals surface area contributed by atoms with Crippen molar-refractivity contribution in [3.63, 3.8) is 0 Å². The maximum atomic E-state index is 10.4. The van der Waals surface area contributed by atoms with Gasteiger partial charge in [-0.25, -0.2) is 4.98 Å². The summed E-state index contributed by atoms with van der Waals surface area (Å²) in [6.45, 7) is 0. The number of halogens is 2. The Labute approximate surface area is 84.9 Å². The Balaban J connectivity index is 0.00000121. The first-order valence-electron chi connectivity index (χ1n) is 3.08. The van der Waals surface area contributed by atoms with Crippen LogP contribution in [0, 0.1) is 0 Å². The molecule has 1 rings (SSSR count). The molecule has 0 fully saturated rings. The fourth-order valence-corrected chi connectivity index (χ4v) is 1.11. The van der Waals surface area contributed by atoms with Gasteiger partial charge in [0.25, 0.3) is 0 Å². The normalized spacial score (nSPS) is 8.75. The summed E-state index contributed by atoms with van der Waals surface area (Å²) in [5.74, 6) is -0.365. The standard InChI is InChI=1S/C7H7BrN2O.ClH/c8-6-3-1-2-5(10-6)4-7(9)11;/h1-3H,4H2,(H2,9,11);1H. The predicted octanol–water partition coefficient (Wildman–Crippen LogP) is 1.29. The Bertz CT molecular complexity index is 280. The minimum Gasteiger partial charge on any atom is -0.369 e. The van der Waals surface area contributed by atoms with E-state index in [9.17, 15) is 4.79 Å². The molecule has 2 N–H and O–H groups in total. The molecular formula is C7H8BrClN2O. The lowest BCUT2D eigenvalue weighted by atomic mass is 10.3. The Morgan fingerprint density at radius 2 is 2.25 bits per heavy atom. The first-order chi connectivity index (χ1) is 5.18. The van der Waals surface area contributed by atoms with E-state index in [1.54, 1.807) is 12.1 Å². The van der Waals surface area contributed by atoms with E-state index in [-0.39, 0.29) is 24.7 Å². The molecule has 1 aromatic heterocycles. The van der Waals surface area contributed by atoms with Crippen LogP contribution in [0.1, 0.15) is 5.69 Å². The average Bonchev–Trinajstić information content (AvgIpc) is 1.85. The summed E-state index contributed by atoms with van der Waals surface area (Å²) in [6.07, 6.45) is 0.194. The third-order valence-electron chi connectivity index (χ3n) is 1.13. The summed E-state index contributed by atoms with van der Waals surface area (Å²) in [5, 5.41) is 0. The van der Waals surface area contributed by atoms with Crippen LogP contribution in [0.4, 0.5) is 0 Å². The smallest absolute Gasteiger partial charge is 0.223 e. The van der Waals surface area contributed by atoms with Crippen LogP contribution in [0.3, 0.4) is 0 Å². The number of amides is 1. The van der Waals surface area contributed by atoms with Crippen LogP contribution in [0.25, 0.3) is 0 Å². The molecule has 0 aliphatic carbocycles. The maximum absolute atomic E-state index is 10.4. The molecule has 5 heteroatoms. The summed E-state index contributed by atoms with van der Waals surface area (Å²) in [7, 11) is 0. The fourth-order valence-electron chi connectivity index (χ4n) is 0.727. The van der Waals surface area contributed by atoms with E-state index in [2.05, 4.69) is 20.9 Å². The number of primary amides is 1. The second kappa shape index (κ2) is 5.11. The molecule has 0 unspecified atom stereocenters. The summed E-state index contributed by atoms with van der Waals surface area (Å²) >= 11 is 3.19. The van der Waals surface area contributed by atoms with E-state index in [4.69, 9.17) is 5.73 Å². The van der Waals surface area contributed by atoms with Gasteiger partial charge in [0.15, 0.2) is 0 Å². The molecule has 0 saturated carbocycles. The van der Waals surface area contributed by atoms with Gasteiger partial charge in [0.1, 0.15) is 4.60 Å². The quantitative estimate of drug-likeness (QED) is 0.806. The largest absolute Gasteiger partial charge is 0.369 e. The lowest BCUT2D eigenvalue weighted by Gasteiger charge is -1.95. The molecule has 0 saturated heterocycles. The lowest BCUT2D eigenvalue weighted by Crippen LogP contribution is -2.14. The number of nitrogens with two attached hydrogens (primary N) is 1. The fraction of sp³-hybridized carbons (Fsp3) is 0.143. The number of carbonyl (C=O) groups excluding carboxylic acids is 1. The monoisotopic (exact) mass is 250 g/mol. The average molecular weight is 252 g/mol. The summed E-state index contributed by atoms with van der Waals surface area (Å²) in [6, 6.07) is 5.37. The third kappa shape index (κ3) is 3.69. The number of carbonyl (C=O) groups is 1. The van der Waals surface area contributed by atoms with E-state index in [0.717, 1.165) is 4.60 Å². The minimum atomic E-state index is -0.365. The van der Waals surface area contributed by atoms with Crippen LogP contribution in [-0.2, 0) is 11.2 Å². The predicted molar refractivity (Wildman–Crippen MR) is 52.1 cm³/mol. The van der Waals surface area contributed by atoms with E-state index < -0.39 is 0 Å². The van der Waals surface area contributed by atoms with Crippen molar-refractivity contribution in [3.8, 4) is 0 Å². The highest BCUT2D eigenvalue weighted by Crippen LogP contribution is 2.06. The van der Waals surface area contributed by atoms with Gasteiger partial charge in [-0.2, -0.15) is 0 Å². The number of nitrogens with zero attached hydrogens (tertiary/aromatic N) is 1. The Morgan fingerprint density at radius 1 is 1.58 bits per heavy atom. The van der Waals surface area contributed by atoms with Crippen molar-refractivity contribution in [1.82, 2.24) is 4.98 Å². The van der Waals surface area contributed by atoms with Crippen molar-refractivity contribution in [3.05, 3.63) is 28.5 Å².